The number of hydrogen-bond acceptors (Lipinski definition) is 4. The normalized spacial score (nSPS) is 10.1. The van der Waals surface area contributed by atoms with E-state index in [2.05, 4.69) is 10.5 Å². The molecule has 0 saturated carbocycles. The van der Waals surface area contributed by atoms with Crippen LogP contribution in [0.5, 0.6) is 5.75 Å². The summed E-state index contributed by atoms with van der Waals surface area (Å²) in [4.78, 5) is 10.9. The minimum atomic E-state index is 0.136. The van der Waals surface area contributed by atoms with Crippen molar-refractivity contribution in [3.05, 3.63) is 51.4 Å². The largest absolute Gasteiger partial charge is 0.497 e. The van der Waals surface area contributed by atoms with Crippen molar-refractivity contribution in [2.75, 3.05) is 12.4 Å². The van der Waals surface area contributed by atoms with Crippen LogP contribution in [0.1, 0.15) is 0 Å². The molecule has 98 valence electrons. The molecule has 0 aliphatic rings. The van der Waals surface area contributed by atoms with Crippen molar-refractivity contribution in [1.29, 1.82) is 0 Å². The lowest BCUT2D eigenvalue weighted by molar-refractivity contribution is 0.415. The molecule has 0 bridgehead atoms. The van der Waals surface area contributed by atoms with Crippen molar-refractivity contribution in [1.82, 2.24) is 0 Å². The van der Waals surface area contributed by atoms with Gasteiger partial charge in [-0.25, -0.2) is 0 Å². The first kappa shape index (κ1) is 13.6. The Morgan fingerprint density at radius 2 is 1.84 bits per heavy atom. The molecule has 0 saturated heterocycles. The molecule has 0 unspecified atom stereocenters. The molecule has 0 radical (unpaired) electrons. The van der Waals surface area contributed by atoms with Crippen molar-refractivity contribution in [2.24, 2.45) is 5.18 Å². The first-order valence-corrected chi connectivity index (χ1v) is 6.13. The van der Waals surface area contributed by atoms with Gasteiger partial charge in [0.15, 0.2) is 0 Å². The topological polar surface area (TPSA) is 50.7 Å². The molecule has 0 aromatic heterocycles. The fraction of sp³-hybridized carbons (Fsp3) is 0.0769. The third kappa shape index (κ3) is 3.16. The molecular weight excluding hydrogens is 287 g/mol. The van der Waals surface area contributed by atoms with Gasteiger partial charge in [0.2, 0.25) is 0 Å². The fourth-order valence-corrected chi connectivity index (χ4v) is 1.94. The van der Waals surface area contributed by atoms with E-state index in [1.54, 1.807) is 30.3 Å². The number of anilines is 2. The van der Waals surface area contributed by atoms with Gasteiger partial charge in [-0.2, -0.15) is 0 Å². The van der Waals surface area contributed by atoms with Crippen LogP contribution < -0.4 is 10.1 Å². The van der Waals surface area contributed by atoms with Crippen LogP contribution >= 0.6 is 23.2 Å². The molecule has 0 aliphatic heterocycles. The highest BCUT2D eigenvalue weighted by Gasteiger charge is 2.11. The second-order valence-corrected chi connectivity index (χ2v) is 4.57. The number of rotatable bonds is 4. The first-order valence-electron chi connectivity index (χ1n) is 5.37. The number of methoxy groups -OCH3 is 1. The van der Waals surface area contributed by atoms with Crippen molar-refractivity contribution in [3.8, 4) is 5.75 Å². The summed E-state index contributed by atoms with van der Waals surface area (Å²) >= 11 is 11.8. The summed E-state index contributed by atoms with van der Waals surface area (Å²) in [7, 11) is 1.52. The number of ether oxygens (including phenoxy) is 1. The van der Waals surface area contributed by atoms with E-state index in [9.17, 15) is 4.91 Å². The van der Waals surface area contributed by atoms with E-state index in [4.69, 9.17) is 27.9 Å². The smallest absolute Gasteiger partial charge is 0.150 e. The molecule has 0 heterocycles. The van der Waals surface area contributed by atoms with E-state index in [1.165, 1.54) is 13.2 Å². The van der Waals surface area contributed by atoms with Crippen molar-refractivity contribution >= 4 is 40.3 Å². The predicted octanol–water partition coefficient (Wildman–Crippen LogP) is 5.14. The van der Waals surface area contributed by atoms with Gasteiger partial charge in [-0.3, -0.25) is 0 Å². The molecular formula is C13H10Cl2N2O2. The van der Waals surface area contributed by atoms with Gasteiger partial charge in [0, 0.05) is 22.8 Å². The predicted molar refractivity (Wildman–Crippen MR) is 78.2 cm³/mol. The van der Waals surface area contributed by atoms with Gasteiger partial charge >= 0.3 is 0 Å². The van der Waals surface area contributed by atoms with Crippen molar-refractivity contribution in [2.45, 2.75) is 0 Å². The summed E-state index contributed by atoms with van der Waals surface area (Å²) in [5.41, 5.74) is 1.37. The van der Waals surface area contributed by atoms with Crippen LogP contribution in [0, 0.1) is 4.91 Å². The highest BCUT2D eigenvalue weighted by molar-refractivity contribution is 6.34. The van der Waals surface area contributed by atoms with E-state index >= 15 is 0 Å². The zero-order chi connectivity index (χ0) is 13.8. The summed E-state index contributed by atoms with van der Waals surface area (Å²) in [6.07, 6.45) is 0. The van der Waals surface area contributed by atoms with E-state index in [-0.39, 0.29) is 10.7 Å². The van der Waals surface area contributed by atoms with Crippen LogP contribution in [0.4, 0.5) is 17.1 Å². The first-order chi connectivity index (χ1) is 9.13. The Hall–Kier alpha value is -1.78. The fourth-order valence-electron chi connectivity index (χ4n) is 1.57. The molecule has 2 aromatic carbocycles. The summed E-state index contributed by atoms with van der Waals surface area (Å²) in [6.45, 7) is 0. The molecule has 2 rings (SSSR count). The Kier molecular flexibility index (Phi) is 4.24. The highest BCUT2D eigenvalue weighted by Crippen LogP contribution is 2.38. The van der Waals surface area contributed by atoms with Crippen LogP contribution in [-0.4, -0.2) is 7.11 Å². The molecule has 6 heteroatoms. The average molecular weight is 297 g/mol. The van der Waals surface area contributed by atoms with E-state index in [1.807, 2.05) is 0 Å². The van der Waals surface area contributed by atoms with Gasteiger partial charge in [-0.15, -0.1) is 4.91 Å². The average Bonchev–Trinajstić information content (AvgIpc) is 2.41. The van der Waals surface area contributed by atoms with Gasteiger partial charge in [0.25, 0.3) is 0 Å². The maximum absolute atomic E-state index is 10.9. The Labute approximate surface area is 120 Å². The van der Waals surface area contributed by atoms with Crippen LogP contribution in [0.25, 0.3) is 0 Å². The van der Waals surface area contributed by atoms with Crippen molar-refractivity contribution in [3.63, 3.8) is 0 Å². The number of nitrogens with one attached hydrogen (secondary N) is 1. The Bertz CT molecular complexity index is 600. The molecule has 4 nitrogen and oxygen atoms in total. The van der Waals surface area contributed by atoms with Gasteiger partial charge in [0.05, 0.1) is 17.8 Å². The van der Waals surface area contributed by atoms with Crippen LogP contribution in [0.3, 0.4) is 0 Å². The molecule has 0 atom stereocenters. The minimum absolute atomic E-state index is 0.136. The highest BCUT2D eigenvalue weighted by atomic mass is 35.5. The molecule has 2 aromatic rings. The van der Waals surface area contributed by atoms with Crippen LogP contribution in [0.2, 0.25) is 10.0 Å². The van der Waals surface area contributed by atoms with Gasteiger partial charge in [0.1, 0.15) is 11.4 Å². The van der Waals surface area contributed by atoms with Gasteiger partial charge in [-0.05, 0) is 29.4 Å². The Morgan fingerprint density at radius 1 is 1.16 bits per heavy atom. The number of benzene rings is 2. The maximum atomic E-state index is 10.9. The van der Waals surface area contributed by atoms with Crippen LogP contribution in [0.15, 0.2) is 41.6 Å². The monoisotopic (exact) mass is 296 g/mol. The van der Waals surface area contributed by atoms with E-state index in [0.29, 0.717) is 16.5 Å². The van der Waals surface area contributed by atoms with Crippen LogP contribution in [-0.2, 0) is 0 Å². The van der Waals surface area contributed by atoms with Gasteiger partial charge < -0.3 is 10.1 Å². The summed E-state index contributed by atoms with van der Waals surface area (Å²) in [5, 5.41) is 6.84. The minimum Gasteiger partial charge on any atom is -0.497 e. The summed E-state index contributed by atoms with van der Waals surface area (Å²) in [6, 6.07) is 10.2. The second-order valence-electron chi connectivity index (χ2n) is 3.73. The van der Waals surface area contributed by atoms with Crippen molar-refractivity contribution < 1.29 is 4.74 Å². The quantitative estimate of drug-likeness (QED) is 0.794. The number of hydrogen-bond donors (Lipinski definition) is 1. The maximum Gasteiger partial charge on any atom is 0.150 e. The lowest BCUT2D eigenvalue weighted by Crippen LogP contribution is -1.92. The number of nitroso groups, excluding NO2 is 1. The molecule has 0 spiro atoms. The standard InChI is InChI=1S/C13H10Cl2N2O2/c1-19-10-6-11(15)13(17-18)12(7-10)16-9-4-2-8(14)3-5-9/h2-7,16H,1H3. The Morgan fingerprint density at radius 3 is 2.42 bits per heavy atom. The van der Waals surface area contributed by atoms with Gasteiger partial charge in [-0.1, -0.05) is 23.2 Å². The zero-order valence-corrected chi connectivity index (χ0v) is 11.5. The number of nitrogens with zero attached hydrogens (tertiary/aromatic N) is 1. The summed E-state index contributed by atoms with van der Waals surface area (Å²) in [5.74, 6) is 0.536. The van der Waals surface area contributed by atoms with E-state index in [0.717, 1.165) is 5.69 Å². The molecule has 0 fully saturated rings. The third-order valence-corrected chi connectivity index (χ3v) is 3.03. The second kappa shape index (κ2) is 5.91. The third-order valence-electron chi connectivity index (χ3n) is 2.49. The molecule has 19 heavy (non-hydrogen) atoms. The zero-order valence-electron chi connectivity index (χ0n) is 9.98. The molecule has 0 aliphatic carbocycles. The molecule has 0 amide bonds. The molecule has 1 N–H and O–H groups in total. The lowest BCUT2D eigenvalue weighted by atomic mass is 10.2. The Balaban J connectivity index is 2.40. The lowest BCUT2D eigenvalue weighted by Gasteiger charge is -2.11. The SMILES string of the molecule is COc1cc(Cl)c(N=O)c(Nc2ccc(Cl)cc2)c1. The van der Waals surface area contributed by atoms with E-state index < -0.39 is 0 Å². The summed E-state index contributed by atoms with van der Waals surface area (Å²) < 4.78 is 5.10. The number of halogens is 2.